The van der Waals surface area contributed by atoms with Crippen molar-refractivity contribution in [2.45, 2.75) is 0 Å². The zero-order valence-corrected chi connectivity index (χ0v) is 13.7. The lowest BCUT2D eigenvalue weighted by Crippen LogP contribution is -2.14. The fraction of sp³-hybridized carbons (Fsp3) is 0. The van der Waals surface area contributed by atoms with Gasteiger partial charge in [-0.15, -0.1) is 0 Å². The highest BCUT2D eigenvalue weighted by molar-refractivity contribution is 6.18. The molecule has 2 aromatic rings. The Bertz CT molecular complexity index is 1210. The van der Waals surface area contributed by atoms with Crippen molar-refractivity contribution in [2.75, 3.05) is 0 Å². The number of oxime groups is 1. The summed E-state index contributed by atoms with van der Waals surface area (Å²) in [6, 6.07) is 8.09. The summed E-state index contributed by atoms with van der Waals surface area (Å²) in [5.74, 6) is 0. The first-order valence-corrected chi connectivity index (χ1v) is 8.24. The van der Waals surface area contributed by atoms with Crippen LogP contribution in [0.5, 0.6) is 0 Å². The number of allylic oxidation sites excluding steroid dienone is 5. The molecule has 4 N–H and O–H groups in total. The lowest BCUT2D eigenvalue weighted by atomic mass is 10.2. The second kappa shape index (κ2) is 5.63. The third kappa shape index (κ3) is 2.63. The first-order chi connectivity index (χ1) is 12.7. The molecule has 0 unspecified atom stereocenters. The van der Waals surface area contributed by atoms with Gasteiger partial charge in [0.25, 0.3) is 0 Å². The molecule has 0 aromatic carbocycles. The maximum absolute atomic E-state index is 9.30. The van der Waals surface area contributed by atoms with Gasteiger partial charge >= 0.3 is 0 Å². The minimum Gasteiger partial charge on any atom is -0.410 e. The lowest BCUT2D eigenvalue weighted by molar-refractivity contribution is 0.320. The number of aromatic nitrogens is 2. The number of rotatable bonds is 0. The molecule has 26 heavy (non-hydrogen) atoms. The predicted molar refractivity (Wildman–Crippen MR) is 102 cm³/mol. The predicted octanol–water partition coefficient (Wildman–Crippen LogP) is 1.52. The zero-order valence-electron chi connectivity index (χ0n) is 13.7. The summed E-state index contributed by atoms with van der Waals surface area (Å²) >= 11 is 0. The van der Waals surface area contributed by atoms with E-state index < -0.39 is 0 Å². The number of hydrogen-bond donors (Lipinski definition) is 4. The van der Waals surface area contributed by atoms with Crippen molar-refractivity contribution in [2.24, 2.45) is 10.1 Å². The molecule has 0 saturated carbocycles. The number of nitrogens with zero attached hydrogens (tertiary/aromatic N) is 2. The van der Waals surface area contributed by atoms with Gasteiger partial charge in [-0.2, -0.15) is 0 Å². The Balaban J connectivity index is 1.71. The molecule has 0 saturated heterocycles. The van der Waals surface area contributed by atoms with Crippen molar-refractivity contribution >= 4 is 29.7 Å². The maximum Gasteiger partial charge on any atom is 0.128 e. The summed E-state index contributed by atoms with van der Waals surface area (Å²) in [4.78, 5) is 11.3. The van der Waals surface area contributed by atoms with Crippen LogP contribution in [0, 0.1) is 0 Å². The summed E-state index contributed by atoms with van der Waals surface area (Å²) in [6.45, 7) is 0. The minimum absolute atomic E-state index is 0.473. The van der Waals surface area contributed by atoms with E-state index in [1.54, 1.807) is 6.08 Å². The Kier molecular flexibility index (Phi) is 3.15. The molecule has 5 heterocycles. The Labute approximate surface area is 148 Å². The molecule has 6 heteroatoms. The number of H-pyrrole nitrogens is 2. The normalized spacial score (nSPS) is 19.2. The molecule has 8 bridgehead atoms. The van der Waals surface area contributed by atoms with E-state index in [1.807, 2.05) is 60.7 Å². The molecular weight excluding hydrogens is 326 g/mol. The van der Waals surface area contributed by atoms with E-state index >= 15 is 0 Å². The fourth-order valence-electron chi connectivity index (χ4n) is 3.14. The summed E-state index contributed by atoms with van der Waals surface area (Å²) in [6.07, 6.45) is 13.6. The van der Waals surface area contributed by atoms with Gasteiger partial charge in [-0.25, -0.2) is 4.99 Å². The van der Waals surface area contributed by atoms with Crippen molar-refractivity contribution in [3.63, 3.8) is 0 Å². The average molecular weight is 341 g/mol. The average Bonchev–Trinajstić information content (AvgIpc) is 3.39. The first-order valence-electron chi connectivity index (χ1n) is 8.24. The molecule has 2 aromatic heterocycles. The molecule has 3 aliphatic heterocycles. The van der Waals surface area contributed by atoms with Crippen LogP contribution in [-0.2, 0) is 0 Å². The van der Waals surface area contributed by atoms with Crippen LogP contribution < -0.4 is 16.0 Å². The molecule has 6 nitrogen and oxygen atoms in total. The van der Waals surface area contributed by atoms with Gasteiger partial charge in [0.05, 0.1) is 17.1 Å². The van der Waals surface area contributed by atoms with Gasteiger partial charge < -0.3 is 20.5 Å². The van der Waals surface area contributed by atoms with Crippen LogP contribution in [0.15, 0.2) is 75.8 Å². The van der Waals surface area contributed by atoms with E-state index in [0.717, 1.165) is 39.2 Å². The number of nitrogens with one attached hydrogen (secondary N) is 3. The Morgan fingerprint density at radius 1 is 0.808 bits per heavy atom. The molecule has 5 rings (SSSR count). The number of fused-ring (bicyclic) bond motifs is 7. The van der Waals surface area contributed by atoms with Gasteiger partial charge in [-0.05, 0) is 66.8 Å². The SMILES string of the molecule is ON=C1C=C2C=c3ccc([nH]3)=Cc3ccc([nH]3)C=C3C=CC(=N3)C=C1N2. The van der Waals surface area contributed by atoms with Crippen LogP contribution in [0.3, 0.4) is 0 Å². The van der Waals surface area contributed by atoms with E-state index in [0.29, 0.717) is 11.4 Å². The highest BCUT2D eigenvalue weighted by Gasteiger charge is 2.16. The van der Waals surface area contributed by atoms with E-state index in [1.165, 1.54) is 0 Å². The van der Waals surface area contributed by atoms with Crippen molar-refractivity contribution < 1.29 is 5.21 Å². The van der Waals surface area contributed by atoms with Crippen LogP contribution in [0.25, 0.3) is 18.2 Å². The summed E-state index contributed by atoms with van der Waals surface area (Å²) < 4.78 is 0. The van der Waals surface area contributed by atoms with Crippen LogP contribution >= 0.6 is 0 Å². The van der Waals surface area contributed by atoms with Crippen molar-refractivity contribution in [1.29, 1.82) is 0 Å². The lowest BCUT2D eigenvalue weighted by Gasteiger charge is -2.01. The fourth-order valence-corrected chi connectivity index (χ4v) is 3.14. The molecule has 0 spiro atoms. The van der Waals surface area contributed by atoms with E-state index in [-0.39, 0.29) is 0 Å². The first kappa shape index (κ1) is 14.5. The van der Waals surface area contributed by atoms with Crippen molar-refractivity contribution in [3.8, 4) is 0 Å². The molecule has 3 aliphatic rings. The second-order valence-electron chi connectivity index (χ2n) is 6.23. The van der Waals surface area contributed by atoms with Crippen molar-refractivity contribution in [1.82, 2.24) is 15.3 Å². The smallest absolute Gasteiger partial charge is 0.128 e. The Hall–Kier alpha value is -3.80. The van der Waals surface area contributed by atoms with Crippen molar-refractivity contribution in [3.05, 3.63) is 87.7 Å². The van der Waals surface area contributed by atoms with E-state index in [4.69, 9.17) is 0 Å². The molecule has 0 radical (unpaired) electrons. The Morgan fingerprint density at radius 2 is 1.62 bits per heavy atom. The number of aromatic amines is 2. The maximum atomic E-state index is 9.30. The van der Waals surface area contributed by atoms with Gasteiger partial charge in [0, 0.05) is 27.8 Å². The standard InChI is InChI=1S/C20H15N5O/c26-25-20-11-18-9-16-4-3-14(22-16)7-12-1-2-13(21-12)8-15-5-6-17(23-15)10-19(20)24-18/h1-11,21-22,24,26H. The summed E-state index contributed by atoms with van der Waals surface area (Å²) in [5.41, 5.74) is 5.67. The van der Waals surface area contributed by atoms with Crippen LogP contribution in [0.1, 0.15) is 11.4 Å². The van der Waals surface area contributed by atoms with Crippen LogP contribution in [0.2, 0.25) is 0 Å². The summed E-state index contributed by atoms with van der Waals surface area (Å²) in [5, 5.41) is 17.9. The molecule has 0 aliphatic carbocycles. The molecular formula is C20H15N5O. The highest BCUT2D eigenvalue weighted by Crippen LogP contribution is 2.17. The largest absolute Gasteiger partial charge is 0.410 e. The highest BCUT2D eigenvalue weighted by atomic mass is 16.4. The monoisotopic (exact) mass is 341 g/mol. The molecule has 0 atom stereocenters. The van der Waals surface area contributed by atoms with Gasteiger partial charge in [0.1, 0.15) is 5.71 Å². The molecule has 126 valence electrons. The minimum atomic E-state index is 0.473. The van der Waals surface area contributed by atoms with Gasteiger partial charge in [-0.1, -0.05) is 5.16 Å². The topological polar surface area (TPSA) is 88.6 Å². The summed E-state index contributed by atoms with van der Waals surface area (Å²) in [7, 11) is 0. The van der Waals surface area contributed by atoms with Crippen LogP contribution in [0.4, 0.5) is 0 Å². The van der Waals surface area contributed by atoms with Crippen LogP contribution in [-0.4, -0.2) is 26.6 Å². The molecule has 0 amide bonds. The van der Waals surface area contributed by atoms with E-state index in [9.17, 15) is 5.21 Å². The van der Waals surface area contributed by atoms with Gasteiger partial charge in [0.2, 0.25) is 0 Å². The number of hydrogen-bond acceptors (Lipinski definition) is 4. The second-order valence-corrected chi connectivity index (χ2v) is 6.23. The van der Waals surface area contributed by atoms with Gasteiger partial charge in [0.15, 0.2) is 0 Å². The third-order valence-corrected chi connectivity index (χ3v) is 4.32. The zero-order chi connectivity index (χ0) is 17.5. The quantitative estimate of drug-likeness (QED) is 0.432. The molecule has 0 fully saturated rings. The number of aliphatic imine (C=N–C) groups is 1. The Morgan fingerprint density at radius 3 is 2.46 bits per heavy atom. The third-order valence-electron chi connectivity index (χ3n) is 4.32. The van der Waals surface area contributed by atoms with E-state index in [2.05, 4.69) is 25.4 Å². The van der Waals surface area contributed by atoms with Gasteiger partial charge in [-0.3, -0.25) is 0 Å².